The fraction of sp³-hybridized carbons (Fsp3) is 0.667. The number of alkyl halides is 2. The highest BCUT2D eigenvalue weighted by Gasteiger charge is 2.29. The Morgan fingerprint density at radius 3 is 3.15 bits per heavy atom. The monoisotopic (exact) mass is 287 g/mol. The van der Waals surface area contributed by atoms with Gasteiger partial charge in [0.2, 0.25) is 5.91 Å². The minimum Gasteiger partial charge on any atom is -0.355 e. The summed E-state index contributed by atoms with van der Waals surface area (Å²) in [6, 6.07) is -0.355. The molecule has 112 valence electrons. The summed E-state index contributed by atoms with van der Waals surface area (Å²) in [5.74, 6) is 0.186. The number of piperazine rings is 1. The first-order valence-corrected chi connectivity index (χ1v) is 6.65. The zero-order valence-electron chi connectivity index (χ0n) is 11.4. The van der Waals surface area contributed by atoms with Gasteiger partial charge in [-0.3, -0.25) is 14.3 Å². The number of aromatic nitrogens is 2. The van der Waals surface area contributed by atoms with Crippen molar-refractivity contribution in [2.75, 3.05) is 26.2 Å². The van der Waals surface area contributed by atoms with Crippen LogP contribution in [0.3, 0.4) is 0 Å². The first-order valence-electron chi connectivity index (χ1n) is 6.65. The third kappa shape index (κ3) is 3.31. The van der Waals surface area contributed by atoms with Gasteiger partial charge >= 0.3 is 6.55 Å². The zero-order valence-corrected chi connectivity index (χ0v) is 11.4. The van der Waals surface area contributed by atoms with E-state index in [1.807, 2.05) is 11.8 Å². The van der Waals surface area contributed by atoms with Gasteiger partial charge in [-0.15, -0.1) is 0 Å². The molecule has 1 aliphatic heterocycles. The first kappa shape index (κ1) is 14.9. The van der Waals surface area contributed by atoms with Crippen molar-refractivity contribution < 1.29 is 13.6 Å². The predicted octanol–water partition coefficient (Wildman–Crippen LogP) is 0.188. The zero-order chi connectivity index (χ0) is 14.5. The van der Waals surface area contributed by atoms with Gasteiger partial charge < -0.3 is 10.6 Å². The van der Waals surface area contributed by atoms with E-state index in [1.165, 1.54) is 12.4 Å². The van der Waals surface area contributed by atoms with Gasteiger partial charge in [0.25, 0.3) is 0 Å². The normalized spacial score (nSPS) is 20.3. The van der Waals surface area contributed by atoms with Gasteiger partial charge in [-0.1, -0.05) is 0 Å². The second-order valence-electron chi connectivity index (χ2n) is 4.61. The van der Waals surface area contributed by atoms with Crippen LogP contribution in [0.4, 0.5) is 8.78 Å². The Balaban J connectivity index is 2.08. The highest BCUT2D eigenvalue weighted by Crippen LogP contribution is 2.15. The number of carbonyl (C=O) groups excluding carboxylic acids is 1. The molecule has 1 fully saturated rings. The van der Waals surface area contributed by atoms with Crippen LogP contribution in [0, 0.1) is 0 Å². The van der Waals surface area contributed by atoms with Crippen LogP contribution in [-0.4, -0.2) is 52.6 Å². The molecule has 6 nitrogen and oxygen atoms in total. The highest BCUT2D eigenvalue weighted by molar-refractivity contribution is 5.82. The van der Waals surface area contributed by atoms with Crippen LogP contribution in [0.15, 0.2) is 12.4 Å². The van der Waals surface area contributed by atoms with E-state index in [2.05, 4.69) is 15.6 Å². The Hall–Kier alpha value is -1.54. The van der Waals surface area contributed by atoms with Gasteiger partial charge in [0.05, 0.1) is 6.54 Å². The van der Waals surface area contributed by atoms with Crippen molar-refractivity contribution in [3.8, 4) is 0 Å². The molecule has 1 amide bonds. The smallest absolute Gasteiger partial charge is 0.319 e. The van der Waals surface area contributed by atoms with Gasteiger partial charge in [-0.05, 0) is 6.92 Å². The summed E-state index contributed by atoms with van der Waals surface area (Å²) in [6.45, 7) is 1.89. The average molecular weight is 287 g/mol. The first-order chi connectivity index (χ1) is 9.63. The summed E-state index contributed by atoms with van der Waals surface area (Å²) >= 11 is 0. The number of imidazole rings is 1. The minimum atomic E-state index is -2.61. The van der Waals surface area contributed by atoms with Crippen LogP contribution >= 0.6 is 0 Å². The number of carbonyl (C=O) groups is 1. The molecular formula is C12H19F2N5O. The molecule has 1 saturated heterocycles. The van der Waals surface area contributed by atoms with Crippen LogP contribution in [0.2, 0.25) is 0 Å². The molecule has 1 aliphatic rings. The average Bonchev–Trinajstić information content (AvgIpc) is 2.88. The molecule has 0 saturated carbocycles. The van der Waals surface area contributed by atoms with Gasteiger partial charge in [-0.2, -0.15) is 8.78 Å². The Bertz CT molecular complexity index is 451. The molecule has 1 unspecified atom stereocenters. The van der Waals surface area contributed by atoms with E-state index < -0.39 is 6.55 Å². The van der Waals surface area contributed by atoms with Crippen molar-refractivity contribution in [1.82, 2.24) is 25.1 Å². The minimum absolute atomic E-state index is 0.0881. The molecule has 1 atom stereocenters. The van der Waals surface area contributed by atoms with Crippen molar-refractivity contribution in [1.29, 1.82) is 0 Å². The van der Waals surface area contributed by atoms with Crippen LogP contribution in [0.5, 0.6) is 0 Å². The number of hydrogen-bond donors (Lipinski definition) is 2. The molecule has 1 aromatic rings. The van der Waals surface area contributed by atoms with E-state index in [0.29, 0.717) is 19.6 Å². The maximum Gasteiger partial charge on any atom is 0.319 e. The lowest BCUT2D eigenvalue weighted by atomic mass is 10.1. The molecular weight excluding hydrogens is 268 g/mol. The van der Waals surface area contributed by atoms with Crippen molar-refractivity contribution >= 4 is 5.91 Å². The molecule has 0 aromatic carbocycles. The number of hydrogen-bond acceptors (Lipinski definition) is 4. The van der Waals surface area contributed by atoms with E-state index in [-0.39, 0.29) is 24.3 Å². The maximum absolute atomic E-state index is 12.8. The Kier molecular flexibility index (Phi) is 5.02. The summed E-state index contributed by atoms with van der Waals surface area (Å²) < 4.78 is 26.4. The van der Waals surface area contributed by atoms with Gasteiger partial charge in [-0.25, -0.2) is 4.98 Å². The van der Waals surface area contributed by atoms with Crippen molar-refractivity contribution in [3.05, 3.63) is 18.2 Å². The number of rotatable bonds is 5. The SMILES string of the molecule is CCNC(=O)C1CNCCN1Cc1nccn1C(F)F. The number of halogens is 2. The van der Waals surface area contributed by atoms with E-state index in [4.69, 9.17) is 0 Å². The summed E-state index contributed by atoms with van der Waals surface area (Å²) in [4.78, 5) is 17.8. The summed E-state index contributed by atoms with van der Waals surface area (Å²) in [7, 11) is 0. The van der Waals surface area contributed by atoms with Gasteiger partial charge in [0, 0.05) is 38.6 Å². The molecule has 0 radical (unpaired) electrons. The largest absolute Gasteiger partial charge is 0.355 e. The summed E-state index contributed by atoms with van der Waals surface area (Å²) in [5.41, 5.74) is 0. The third-order valence-electron chi connectivity index (χ3n) is 3.31. The Labute approximate surface area is 116 Å². The third-order valence-corrected chi connectivity index (χ3v) is 3.31. The van der Waals surface area contributed by atoms with E-state index in [0.717, 1.165) is 11.1 Å². The number of nitrogens with one attached hydrogen (secondary N) is 2. The number of likely N-dealkylation sites (N-methyl/N-ethyl adjacent to an activating group) is 1. The molecule has 2 heterocycles. The molecule has 20 heavy (non-hydrogen) atoms. The Morgan fingerprint density at radius 2 is 2.45 bits per heavy atom. The van der Waals surface area contributed by atoms with Gasteiger partial charge in [0.1, 0.15) is 11.9 Å². The lowest BCUT2D eigenvalue weighted by molar-refractivity contribution is -0.127. The van der Waals surface area contributed by atoms with E-state index >= 15 is 0 Å². The topological polar surface area (TPSA) is 62.2 Å². The quantitative estimate of drug-likeness (QED) is 0.811. The van der Waals surface area contributed by atoms with Crippen LogP contribution in [0.25, 0.3) is 0 Å². The molecule has 2 rings (SSSR count). The number of nitrogens with zero attached hydrogens (tertiary/aromatic N) is 3. The molecule has 8 heteroatoms. The lowest BCUT2D eigenvalue weighted by Gasteiger charge is -2.34. The van der Waals surface area contributed by atoms with E-state index in [1.54, 1.807) is 0 Å². The second-order valence-corrected chi connectivity index (χ2v) is 4.61. The van der Waals surface area contributed by atoms with Crippen molar-refractivity contribution in [3.63, 3.8) is 0 Å². The number of amides is 1. The van der Waals surface area contributed by atoms with Gasteiger partial charge in [0.15, 0.2) is 0 Å². The molecule has 0 bridgehead atoms. The molecule has 0 spiro atoms. The fourth-order valence-electron chi connectivity index (χ4n) is 2.31. The highest BCUT2D eigenvalue weighted by atomic mass is 19.3. The maximum atomic E-state index is 12.8. The standard InChI is InChI=1S/C12H19F2N5O/c1-2-16-11(20)9-7-15-3-5-18(9)8-10-17-4-6-19(10)12(13)14/h4,6,9,12,15H,2-3,5,7-8H2,1H3,(H,16,20). The fourth-order valence-corrected chi connectivity index (χ4v) is 2.31. The molecule has 0 aliphatic carbocycles. The molecule has 2 N–H and O–H groups in total. The Morgan fingerprint density at radius 1 is 1.65 bits per heavy atom. The molecule has 1 aromatic heterocycles. The summed E-state index contributed by atoms with van der Waals surface area (Å²) in [5, 5.41) is 5.91. The van der Waals surface area contributed by atoms with Crippen molar-refractivity contribution in [2.24, 2.45) is 0 Å². The lowest BCUT2D eigenvalue weighted by Crippen LogP contribution is -2.57. The van der Waals surface area contributed by atoms with Crippen molar-refractivity contribution in [2.45, 2.75) is 26.1 Å². The second kappa shape index (κ2) is 6.76. The van der Waals surface area contributed by atoms with E-state index in [9.17, 15) is 13.6 Å². The van der Waals surface area contributed by atoms with Crippen LogP contribution < -0.4 is 10.6 Å². The predicted molar refractivity (Wildman–Crippen MR) is 69.2 cm³/mol. The van der Waals surface area contributed by atoms with Crippen LogP contribution in [-0.2, 0) is 11.3 Å². The summed E-state index contributed by atoms with van der Waals surface area (Å²) in [6.07, 6.45) is 2.61. The van der Waals surface area contributed by atoms with Crippen LogP contribution in [0.1, 0.15) is 19.3 Å².